The molecule has 0 heterocycles. The minimum absolute atomic E-state index is 0.148. The number of nitrogens with zero attached hydrogens (tertiary/aromatic N) is 1. The fourth-order valence-electron chi connectivity index (χ4n) is 2.38. The molecule has 0 aromatic heterocycles. The lowest BCUT2D eigenvalue weighted by Gasteiger charge is -2.24. The quantitative estimate of drug-likeness (QED) is 0.776. The van der Waals surface area contributed by atoms with Crippen molar-refractivity contribution in [3.05, 3.63) is 53.6 Å². The molecule has 0 amide bonds. The summed E-state index contributed by atoms with van der Waals surface area (Å²) in [6, 6.07) is 8.25. The van der Waals surface area contributed by atoms with E-state index in [0.717, 1.165) is 31.6 Å². The molecule has 0 N–H and O–H groups in total. The number of allylic oxidation sites excluding steroid dienone is 2. The van der Waals surface area contributed by atoms with Crippen molar-refractivity contribution in [2.75, 3.05) is 20.6 Å². The topological polar surface area (TPSA) is 12.5 Å². The van der Waals surface area contributed by atoms with Gasteiger partial charge in [0, 0.05) is 13.0 Å². The van der Waals surface area contributed by atoms with Crippen LogP contribution in [-0.2, 0) is 0 Å². The number of para-hydroxylation sites is 1. The van der Waals surface area contributed by atoms with Crippen LogP contribution in [0.15, 0.2) is 48.1 Å². The molecule has 0 spiro atoms. The van der Waals surface area contributed by atoms with Gasteiger partial charge >= 0.3 is 0 Å². The third kappa shape index (κ3) is 4.24. The average Bonchev–Trinajstić information content (AvgIpc) is 2.46. The van der Waals surface area contributed by atoms with E-state index in [1.165, 1.54) is 11.1 Å². The van der Waals surface area contributed by atoms with Gasteiger partial charge in [-0.15, -0.1) is 0 Å². The highest BCUT2D eigenvalue weighted by Crippen LogP contribution is 2.24. The lowest BCUT2D eigenvalue weighted by atomic mass is 9.99. The first-order valence-corrected chi connectivity index (χ1v) is 7.40. The second-order valence-electron chi connectivity index (χ2n) is 5.65. The van der Waals surface area contributed by atoms with Crippen LogP contribution in [-0.4, -0.2) is 31.6 Å². The van der Waals surface area contributed by atoms with Crippen LogP contribution in [0.5, 0.6) is 5.75 Å². The summed E-state index contributed by atoms with van der Waals surface area (Å²) in [5.74, 6) is 0.996. The summed E-state index contributed by atoms with van der Waals surface area (Å²) in [6.07, 6.45) is 10.2. The Morgan fingerprint density at radius 3 is 2.65 bits per heavy atom. The summed E-state index contributed by atoms with van der Waals surface area (Å²) in [4.78, 5) is 2.21. The molecule has 108 valence electrons. The summed E-state index contributed by atoms with van der Waals surface area (Å²) >= 11 is 0. The first kappa shape index (κ1) is 14.9. The first-order valence-electron chi connectivity index (χ1n) is 7.40. The molecule has 2 heteroatoms. The van der Waals surface area contributed by atoms with Crippen molar-refractivity contribution in [2.24, 2.45) is 0 Å². The molecule has 0 bridgehead atoms. The maximum atomic E-state index is 6.29. The van der Waals surface area contributed by atoms with E-state index in [2.05, 4.69) is 62.3 Å². The van der Waals surface area contributed by atoms with Crippen LogP contribution in [0.1, 0.15) is 24.8 Å². The monoisotopic (exact) mass is 271 g/mol. The number of hydrogen-bond donors (Lipinski definition) is 0. The number of rotatable bonds is 6. The van der Waals surface area contributed by atoms with Gasteiger partial charge in [0.2, 0.25) is 0 Å². The molecule has 1 aromatic rings. The molecule has 1 aliphatic rings. The van der Waals surface area contributed by atoms with Crippen molar-refractivity contribution in [1.29, 1.82) is 0 Å². The van der Waals surface area contributed by atoms with Crippen molar-refractivity contribution in [3.63, 3.8) is 0 Å². The molecule has 1 atom stereocenters. The van der Waals surface area contributed by atoms with Gasteiger partial charge in [-0.05, 0) is 51.1 Å². The zero-order valence-electron chi connectivity index (χ0n) is 12.8. The molecule has 0 fully saturated rings. The normalized spacial score (nSPS) is 16.1. The maximum absolute atomic E-state index is 6.29. The molecule has 2 rings (SSSR count). The van der Waals surface area contributed by atoms with Gasteiger partial charge in [-0.2, -0.15) is 0 Å². The van der Waals surface area contributed by atoms with Gasteiger partial charge in [0.15, 0.2) is 0 Å². The largest absolute Gasteiger partial charge is 0.485 e. The predicted molar refractivity (Wildman–Crippen MR) is 85.2 cm³/mol. The number of benzene rings is 1. The summed E-state index contributed by atoms with van der Waals surface area (Å²) in [5, 5.41) is 0. The van der Waals surface area contributed by atoms with Gasteiger partial charge in [0.25, 0.3) is 0 Å². The van der Waals surface area contributed by atoms with Crippen LogP contribution in [0.4, 0.5) is 0 Å². The summed E-state index contributed by atoms with van der Waals surface area (Å²) < 4.78 is 6.29. The number of hydrogen-bond acceptors (Lipinski definition) is 2. The van der Waals surface area contributed by atoms with Crippen LogP contribution in [0.25, 0.3) is 0 Å². The molecule has 0 saturated carbocycles. The standard InChI is InChI=1S/C18H25NO/c1-15-9-7-8-12-17(15)20-18(13-14-19(2)3)16-10-5-4-6-11-16/h5,7-12,18H,4,6,13-14H2,1-3H3. The smallest absolute Gasteiger partial charge is 0.125 e. The van der Waals surface area contributed by atoms with E-state index < -0.39 is 0 Å². The maximum Gasteiger partial charge on any atom is 0.125 e. The average molecular weight is 271 g/mol. The van der Waals surface area contributed by atoms with Gasteiger partial charge in [-0.1, -0.05) is 36.4 Å². The second kappa shape index (κ2) is 7.30. The highest BCUT2D eigenvalue weighted by atomic mass is 16.5. The van der Waals surface area contributed by atoms with E-state index in [0.29, 0.717) is 0 Å². The highest BCUT2D eigenvalue weighted by Gasteiger charge is 2.16. The van der Waals surface area contributed by atoms with Crippen molar-refractivity contribution >= 4 is 0 Å². The zero-order chi connectivity index (χ0) is 14.4. The molecule has 0 radical (unpaired) electrons. The van der Waals surface area contributed by atoms with E-state index in [1.807, 2.05) is 6.07 Å². The number of aryl methyl sites for hydroxylation is 1. The van der Waals surface area contributed by atoms with Gasteiger partial charge < -0.3 is 9.64 Å². The van der Waals surface area contributed by atoms with E-state index in [4.69, 9.17) is 4.74 Å². The SMILES string of the molecule is Cc1ccccc1OC(CCN(C)C)C1=CCCC=C1. The Morgan fingerprint density at radius 2 is 2.00 bits per heavy atom. The second-order valence-corrected chi connectivity index (χ2v) is 5.65. The Balaban J connectivity index is 2.11. The Hall–Kier alpha value is -1.54. The van der Waals surface area contributed by atoms with Crippen LogP contribution < -0.4 is 4.74 Å². The van der Waals surface area contributed by atoms with Crippen molar-refractivity contribution in [3.8, 4) is 5.75 Å². The lowest BCUT2D eigenvalue weighted by molar-refractivity contribution is 0.210. The summed E-state index contributed by atoms with van der Waals surface area (Å²) in [7, 11) is 4.21. The van der Waals surface area contributed by atoms with Gasteiger partial charge in [0.1, 0.15) is 11.9 Å². The number of ether oxygens (including phenoxy) is 1. The van der Waals surface area contributed by atoms with Crippen molar-refractivity contribution in [1.82, 2.24) is 4.90 Å². The molecule has 1 aliphatic carbocycles. The van der Waals surface area contributed by atoms with Gasteiger partial charge in [0.05, 0.1) is 0 Å². The molecule has 1 unspecified atom stereocenters. The predicted octanol–water partition coefficient (Wildman–Crippen LogP) is 3.97. The summed E-state index contributed by atoms with van der Waals surface area (Å²) in [6.45, 7) is 3.13. The molecule has 0 aliphatic heterocycles. The van der Waals surface area contributed by atoms with Gasteiger partial charge in [-0.25, -0.2) is 0 Å². The molecular formula is C18H25NO. The summed E-state index contributed by atoms with van der Waals surface area (Å²) in [5.41, 5.74) is 2.52. The Kier molecular flexibility index (Phi) is 5.42. The van der Waals surface area contributed by atoms with Crippen LogP contribution in [0, 0.1) is 6.92 Å². The minimum atomic E-state index is 0.148. The van der Waals surface area contributed by atoms with E-state index >= 15 is 0 Å². The van der Waals surface area contributed by atoms with Crippen LogP contribution in [0.3, 0.4) is 0 Å². The Labute approximate surface area is 122 Å². The fraction of sp³-hybridized carbons (Fsp3) is 0.444. The lowest BCUT2D eigenvalue weighted by Crippen LogP contribution is -2.26. The molecule has 0 saturated heterocycles. The minimum Gasteiger partial charge on any atom is -0.485 e. The van der Waals surface area contributed by atoms with E-state index in [9.17, 15) is 0 Å². The van der Waals surface area contributed by atoms with Crippen molar-refractivity contribution < 1.29 is 4.74 Å². The Bertz CT molecular complexity index is 488. The third-order valence-corrected chi connectivity index (χ3v) is 3.60. The molecular weight excluding hydrogens is 246 g/mol. The molecule has 1 aromatic carbocycles. The van der Waals surface area contributed by atoms with Gasteiger partial charge in [-0.3, -0.25) is 0 Å². The fourth-order valence-corrected chi connectivity index (χ4v) is 2.38. The third-order valence-electron chi connectivity index (χ3n) is 3.60. The zero-order valence-corrected chi connectivity index (χ0v) is 12.8. The van der Waals surface area contributed by atoms with Crippen molar-refractivity contribution in [2.45, 2.75) is 32.3 Å². The van der Waals surface area contributed by atoms with E-state index in [1.54, 1.807) is 0 Å². The Morgan fingerprint density at radius 1 is 1.20 bits per heavy atom. The van der Waals surface area contributed by atoms with E-state index in [-0.39, 0.29) is 6.10 Å². The van der Waals surface area contributed by atoms with Crippen LogP contribution >= 0.6 is 0 Å². The molecule has 2 nitrogen and oxygen atoms in total. The van der Waals surface area contributed by atoms with Crippen LogP contribution in [0.2, 0.25) is 0 Å². The molecule has 20 heavy (non-hydrogen) atoms. The highest BCUT2D eigenvalue weighted by molar-refractivity contribution is 5.34. The first-order chi connectivity index (χ1) is 9.66.